The first-order chi connectivity index (χ1) is 17.7. The molecule has 1 aromatic heterocycles. The molecule has 1 saturated carbocycles. The number of anilines is 2. The minimum absolute atomic E-state index is 0.00264. The first-order valence-corrected chi connectivity index (χ1v) is 12.4. The second kappa shape index (κ2) is 12.0. The van der Waals surface area contributed by atoms with Crippen LogP contribution in [-0.4, -0.2) is 60.6 Å². The van der Waals surface area contributed by atoms with Crippen LogP contribution in [-0.2, 0) is 11.3 Å². The standard InChI is InChI=1S/C25H32F3N5O4/c1-36-20-15-32(16-20)14-18-8-6-17(7-9-18)11-29-21-10-24(31-13-22(21)33(34)35)30-12-19-4-2-3-5-23(19)37-25(26,27)28/h2-5,10,13,17-18,20H,6-9,11-12,14-16H2,1H3,(H2,29,30,31)/t17-,18-. The molecule has 1 saturated heterocycles. The molecule has 1 aliphatic heterocycles. The van der Waals surface area contributed by atoms with Gasteiger partial charge in [0.15, 0.2) is 0 Å². The van der Waals surface area contributed by atoms with E-state index in [0.29, 0.717) is 36.0 Å². The average Bonchev–Trinajstić information content (AvgIpc) is 2.84. The van der Waals surface area contributed by atoms with Crippen molar-refractivity contribution < 1.29 is 27.6 Å². The van der Waals surface area contributed by atoms with Gasteiger partial charge in [-0.25, -0.2) is 4.98 Å². The van der Waals surface area contributed by atoms with Gasteiger partial charge in [0.2, 0.25) is 0 Å². The Hall–Kier alpha value is -3.12. The lowest BCUT2D eigenvalue weighted by molar-refractivity contribution is -0.384. The maximum Gasteiger partial charge on any atom is 0.573 e. The van der Waals surface area contributed by atoms with Gasteiger partial charge in [0.25, 0.3) is 0 Å². The zero-order chi connectivity index (χ0) is 26.4. The molecule has 1 aliphatic carbocycles. The van der Waals surface area contributed by atoms with Crippen LogP contribution in [0.1, 0.15) is 31.2 Å². The van der Waals surface area contributed by atoms with Crippen molar-refractivity contribution in [2.24, 2.45) is 11.8 Å². The van der Waals surface area contributed by atoms with Gasteiger partial charge in [0, 0.05) is 51.5 Å². The van der Waals surface area contributed by atoms with Gasteiger partial charge in [0.05, 0.1) is 11.0 Å². The number of ether oxygens (including phenoxy) is 2. The molecule has 2 fully saturated rings. The molecule has 2 N–H and O–H groups in total. The van der Waals surface area contributed by atoms with Crippen LogP contribution < -0.4 is 15.4 Å². The predicted molar refractivity (Wildman–Crippen MR) is 133 cm³/mol. The topological polar surface area (TPSA) is 102 Å². The Morgan fingerprint density at radius 1 is 1.14 bits per heavy atom. The van der Waals surface area contributed by atoms with Crippen molar-refractivity contribution in [2.75, 3.05) is 43.9 Å². The summed E-state index contributed by atoms with van der Waals surface area (Å²) in [5.74, 6) is 1.08. The third kappa shape index (κ3) is 7.68. The number of pyridine rings is 1. The van der Waals surface area contributed by atoms with Gasteiger partial charge in [0.1, 0.15) is 23.5 Å². The fourth-order valence-electron chi connectivity index (χ4n) is 4.95. The molecule has 0 bridgehead atoms. The van der Waals surface area contributed by atoms with Crippen molar-refractivity contribution in [3.63, 3.8) is 0 Å². The molecular weight excluding hydrogens is 491 g/mol. The third-order valence-corrected chi connectivity index (χ3v) is 7.06. The minimum atomic E-state index is -4.81. The zero-order valence-corrected chi connectivity index (χ0v) is 20.7. The lowest BCUT2D eigenvalue weighted by Crippen LogP contribution is -2.53. The van der Waals surface area contributed by atoms with Crippen LogP contribution in [0.5, 0.6) is 5.75 Å². The van der Waals surface area contributed by atoms with Crippen LogP contribution in [0.3, 0.4) is 0 Å². The maximum absolute atomic E-state index is 12.7. The Morgan fingerprint density at radius 2 is 1.84 bits per heavy atom. The van der Waals surface area contributed by atoms with E-state index in [1.165, 1.54) is 24.3 Å². The van der Waals surface area contributed by atoms with E-state index in [9.17, 15) is 23.3 Å². The fourth-order valence-corrected chi connectivity index (χ4v) is 4.95. The quantitative estimate of drug-likeness (QED) is 0.312. The van der Waals surface area contributed by atoms with Crippen molar-refractivity contribution in [3.8, 4) is 5.75 Å². The van der Waals surface area contributed by atoms with Crippen LogP contribution in [0.4, 0.5) is 30.4 Å². The van der Waals surface area contributed by atoms with Gasteiger partial charge < -0.3 is 20.1 Å². The highest BCUT2D eigenvalue weighted by Crippen LogP contribution is 2.33. The van der Waals surface area contributed by atoms with Gasteiger partial charge in [-0.15, -0.1) is 13.2 Å². The number of nitrogens with one attached hydrogen (secondary N) is 2. The van der Waals surface area contributed by atoms with E-state index in [0.717, 1.165) is 51.5 Å². The molecule has 2 aliphatic rings. The Balaban J connectivity index is 1.31. The molecule has 0 atom stereocenters. The van der Waals surface area contributed by atoms with Gasteiger partial charge in [-0.2, -0.15) is 0 Å². The van der Waals surface area contributed by atoms with E-state index >= 15 is 0 Å². The normalized spacial score (nSPS) is 20.8. The minimum Gasteiger partial charge on any atom is -0.405 e. The Bertz CT molecular complexity index is 1060. The van der Waals surface area contributed by atoms with E-state index in [4.69, 9.17) is 4.74 Å². The maximum atomic E-state index is 12.7. The van der Waals surface area contributed by atoms with E-state index in [1.807, 2.05) is 0 Å². The van der Waals surface area contributed by atoms with Crippen LogP contribution in [0.2, 0.25) is 0 Å². The molecule has 1 aromatic carbocycles. The van der Waals surface area contributed by atoms with E-state index in [-0.39, 0.29) is 23.5 Å². The molecule has 0 amide bonds. The molecule has 37 heavy (non-hydrogen) atoms. The summed E-state index contributed by atoms with van der Waals surface area (Å²) in [6, 6.07) is 7.31. The van der Waals surface area contributed by atoms with Gasteiger partial charge in [-0.05, 0) is 43.6 Å². The number of halogens is 3. The van der Waals surface area contributed by atoms with Gasteiger partial charge in [-0.1, -0.05) is 18.2 Å². The molecule has 0 radical (unpaired) electrons. The van der Waals surface area contributed by atoms with Crippen molar-refractivity contribution >= 4 is 17.2 Å². The zero-order valence-electron chi connectivity index (χ0n) is 20.7. The number of nitro groups is 1. The molecule has 0 unspecified atom stereocenters. The lowest BCUT2D eigenvalue weighted by Gasteiger charge is -2.41. The molecular formula is C25H32F3N5O4. The Kier molecular flexibility index (Phi) is 8.70. The third-order valence-electron chi connectivity index (χ3n) is 7.06. The molecule has 2 aromatic rings. The number of rotatable bonds is 11. The highest BCUT2D eigenvalue weighted by molar-refractivity contribution is 5.65. The van der Waals surface area contributed by atoms with E-state index in [1.54, 1.807) is 13.2 Å². The SMILES string of the molecule is COC1CN(C[C@H]2CC[C@H](CNc3cc(NCc4ccccc4OC(F)(F)F)ncc3[N+](=O)[O-])CC2)C1. The summed E-state index contributed by atoms with van der Waals surface area (Å²) in [7, 11) is 1.75. The number of aromatic nitrogens is 1. The highest BCUT2D eigenvalue weighted by atomic mass is 19.4. The second-order valence-electron chi connectivity index (χ2n) is 9.70. The Morgan fingerprint density at radius 3 is 2.51 bits per heavy atom. The molecule has 4 rings (SSSR count). The summed E-state index contributed by atoms with van der Waals surface area (Å²) < 4.78 is 47.5. The van der Waals surface area contributed by atoms with Crippen LogP contribution in [0.25, 0.3) is 0 Å². The van der Waals surface area contributed by atoms with Crippen molar-refractivity contribution in [1.82, 2.24) is 9.88 Å². The fraction of sp³-hybridized carbons (Fsp3) is 0.560. The number of likely N-dealkylation sites (tertiary alicyclic amines) is 1. The molecule has 0 spiro atoms. The van der Waals surface area contributed by atoms with Crippen molar-refractivity contribution in [2.45, 2.75) is 44.7 Å². The predicted octanol–water partition coefficient (Wildman–Crippen LogP) is 5.05. The smallest absolute Gasteiger partial charge is 0.405 e. The van der Waals surface area contributed by atoms with Crippen LogP contribution >= 0.6 is 0 Å². The van der Waals surface area contributed by atoms with Gasteiger partial charge in [-0.3, -0.25) is 15.0 Å². The number of alkyl halides is 3. The summed E-state index contributed by atoms with van der Waals surface area (Å²) in [4.78, 5) is 17.5. The monoisotopic (exact) mass is 523 g/mol. The van der Waals surface area contributed by atoms with E-state index < -0.39 is 11.3 Å². The summed E-state index contributed by atoms with van der Waals surface area (Å²) in [5, 5.41) is 17.7. The summed E-state index contributed by atoms with van der Waals surface area (Å²) in [5.41, 5.74) is 0.461. The summed E-state index contributed by atoms with van der Waals surface area (Å²) in [6.45, 7) is 3.71. The van der Waals surface area contributed by atoms with Crippen LogP contribution in [0.15, 0.2) is 36.5 Å². The average molecular weight is 524 g/mol. The number of benzene rings is 1. The second-order valence-corrected chi connectivity index (χ2v) is 9.70. The Labute approximate surface area is 213 Å². The number of methoxy groups -OCH3 is 1. The largest absolute Gasteiger partial charge is 0.573 e. The number of hydrogen-bond donors (Lipinski definition) is 2. The number of hydrogen-bond acceptors (Lipinski definition) is 8. The molecule has 9 nitrogen and oxygen atoms in total. The summed E-state index contributed by atoms with van der Waals surface area (Å²) >= 11 is 0. The summed E-state index contributed by atoms with van der Waals surface area (Å²) in [6.07, 6.45) is 1.08. The molecule has 202 valence electrons. The number of para-hydroxylation sites is 1. The van der Waals surface area contributed by atoms with Crippen molar-refractivity contribution in [1.29, 1.82) is 0 Å². The lowest BCUT2D eigenvalue weighted by atomic mass is 9.81. The molecule has 12 heteroatoms. The number of nitrogens with zero attached hydrogens (tertiary/aromatic N) is 3. The van der Waals surface area contributed by atoms with E-state index in [2.05, 4.69) is 25.3 Å². The first-order valence-electron chi connectivity index (χ1n) is 12.4. The van der Waals surface area contributed by atoms with Crippen molar-refractivity contribution in [3.05, 3.63) is 52.2 Å². The first kappa shape index (κ1) is 26.9. The molecule has 2 heterocycles. The highest BCUT2D eigenvalue weighted by Gasteiger charge is 2.32. The van der Waals surface area contributed by atoms with Gasteiger partial charge >= 0.3 is 12.0 Å². The van der Waals surface area contributed by atoms with Crippen LogP contribution in [0, 0.1) is 22.0 Å².